The number of para-hydroxylation sites is 2. The number of amides is 1. The SMILES string of the molecule is COc1ccccc1N1CCN(C(=O)c2ccc(N3CCCCC3)cn2)CC1. The second-order valence-electron chi connectivity index (χ2n) is 7.40. The van der Waals surface area contributed by atoms with Crippen molar-refractivity contribution in [3.63, 3.8) is 0 Å². The van der Waals surface area contributed by atoms with Crippen molar-refractivity contribution in [3.8, 4) is 5.75 Å². The summed E-state index contributed by atoms with van der Waals surface area (Å²) in [5, 5.41) is 0. The van der Waals surface area contributed by atoms with Crippen LogP contribution in [-0.2, 0) is 0 Å². The van der Waals surface area contributed by atoms with E-state index >= 15 is 0 Å². The van der Waals surface area contributed by atoms with Gasteiger partial charge in [0.2, 0.25) is 0 Å². The molecule has 4 rings (SSSR count). The van der Waals surface area contributed by atoms with Crippen molar-refractivity contribution in [2.24, 2.45) is 0 Å². The summed E-state index contributed by atoms with van der Waals surface area (Å²) in [6.07, 6.45) is 5.62. The van der Waals surface area contributed by atoms with Crippen LogP contribution in [0, 0.1) is 0 Å². The number of carbonyl (C=O) groups is 1. The molecule has 0 bridgehead atoms. The largest absolute Gasteiger partial charge is 0.495 e. The smallest absolute Gasteiger partial charge is 0.272 e. The van der Waals surface area contributed by atoms with E-state index in [1.165, 1.54) is 19.3 Å². The second-order valence-corrected chi connectivity index (χ2v) is 7.40. The minimum Gasteiger partial charge on any atom is -0.495 e. The molecule has 2 aliphatic rings. The normalized spacial score (nSPS) is 17.5. The van der Waals surface area contributed by atoms with Gasteiger partial charge in [-0.1, -0.05) is 12.1 Å². The fraction of sp³-hybridized carbons (Fsp3) is 0.455. The zero-order valence-electron chi connectivity index (χ0n) is 16.5. The zero-order valence-corrected chi connectivity index (χ0v) is 16.5. The van der Waals surface area contributed by atoms with Gasteiger partial charge in [-0.2, -0.15) is 0 Å². The molecule has 0 N–H and O–H groups in total. The Kier molecular flexibility index (Phi) is 5.65. The van der Waals surface area contributed by atoms with Gasteiger partial charge < -0.3 is 19.4 Å². The summed E-state index contributed by atoms with van der Waals surface area (Å²) in [7, 11) is 1.69. The first kappa shape index (κ1) is 18.6. The van der Waals surface area contributed by atoms with Gasteiger partial charge in [0.25, 0.3) is 5.91 Å². The molecule has 0 radical (unpaired) electrons. The van der Waals surface area contributed by atoms with Crippen molar-refractivity contribution >= 4 is 17.3 Å². The number of piperazine rings is 1. The molecule has 148 valence electrons. The van der Waals surface area contributed by atoms with Crippen LogP contribution in [0.2, 0.25) is 0 Å². The Bertz CT molecular complexity index is 794. The Morgan fingerprint density at radius 2 is 1.64 bits per heavy atom. The quantitative estimate of drug-likeness (QED) is 0.816. The molecule has 0 unspecified atom stereocenters. The first-order valence-corrected chi connectivity index (χ1v) is 10.1. The number of benzene rings is 1. The lowest BCUT2D eigenvalue weighted by Crippen LogP contribution is -2.49. The van der Waals surface area contributed by atoms with Crippen molar-refractivity contribution in [2.45, 2.75) is 19.3 Å². The van der Waals surface area contributed by atoms with Gasteiger partial charge >= 0.3 is 0 Å². The maximum atomic E-state index is 12.9. The van der Waals surface area contributed by atoms with E-state index in [1.54, 1.807) is 7.11 Å². The molecule has 6 heteroatoms. The number of pyridine rings is 1. The standard InChI is InChI=1S/C22H28N4O2/c1-28-21-8-4-3-7-20(21)25-13-15-26(16-14-25)22(27)19-10-9-18(17-23-19)24-11-5-2-6-12-24/h3-4,7-10,17H,2,5-6,11-16H2,1H3. The minimum atomic E-state index is 0.0184. The van der Waals surface area contributed by atoms with E-state index in [2.05, 4.69) is 20.9 Å². The number of nitrogens with zero attached hydrogens (tertiary/aromatic N) is 4. The van der Waals surface area contributed by atoms with Gasteiger partial charge in [0.05, 0.1) is 24.7 Å². The molecule has 0 spiro atoms. The summed E-state index contributed by atoms with van der Waals surface area (Å²) in [6, 6.07) is 11.9. The van der Waals surface area contributed by atoms with E-state index in [4.69, 9.17) is 4.74 Å². The molecule has 2 fully saturated rings. The third-order valence-electron chi connectivity index (χ3n) is 5.68. The number of anilines is 2. The Morgan fingerprint density at radius 1 is 0.893 bits per heavy atom. The molecule has 3 heterocycles. The van der Waals surface area contributed by atoms with Gasteiger partial charge in [0.15, 0.2) is 0 Å². The maximum absolute atomic E-state index is 12.9. The number of carbonyl (C=O) groups excluding carboxylic acids is 1. The fourth-order valence-electron chi connectivity index (χ4n) is 4.06. The number of hydrogen-bond donors (Lipinski definition) is 0. The second kappa shape index (κ2) is 8.50. The highest BCUT2D eigenvalue weighted by atomic mass is 16.5. The van der Waals surface area contributed by atoms with Crippen LogP contribution in [0.5, 0.6) is 5.75 Å². The average molecular weight is 380 g/mol. The molecule has 2 saturated heterocycles. The van der Waals surface area contributed by atoms with Gasteiger partial charge in [-0.15, -0.1) is 0 Å². The minimum absolute atomic E-state index is 0.0184. The highest BCUT2D eigenvalue weighted by Crippen LogP contribution is 2.28. The molecule has 2 aromatic rings. The predicted molar refractivity (Wildman–Crippen MR) is 111 cm³/mol. The molecule has 0 aliphatic carbocycles. The third kappa shape index (κ3) is 3.91. The molecule has 2 aliphatic heterocycles. The summed E-state index contributed by atoms with van der Waals surface area (Å²) in [5.74, 6) is 0.891. The molecule has 1 aromatic heterocycles. The van der Waals surface area contributed by atoms with Crippen LogP contribution in [0.3, 0.4) is 0 Å². The highest BCUT2D eigenvalue weighted by Gasteiger charge is 2.24. The van der Waals surface area contributed by atoms with E-state index in [1.807, 2.05) is 41.4 Å². The van der Waals surface area contributed by atoms with Crippen LogP contribution >= 0.6 is 0 Å². The van der Waals surface area contributed by atoms with Gasteiger partial charge in [0.1, 0.15) is 11.4 Å². The van der Waals surface area contributed by atoms with Crippen LogP contribution in [0.25, 0.3) is 0 Å². The Balaban J connectivity index is 1.37. The van der Waals surface area contributed by atoms with E-state index < -0.39 is 0 Å². The van der Waals surface area contributed by atoms with E-state index in [-0.39, 0.29) is 5.91 Å². The summed E-state index contributed by atoms with van der Waals surface area (Å²) in [4.78, 5) is 23.9. The number of piperidine rings is 1. The Hall–Kier alpha value is -2.76. The topological polar surface area (TPSA) is 48.9 Å². The van der Waals surface area contributed by atoms with Gasteiger partial charge in [-0.05, 0) is 43.5 Å². The van der Waals surface area contributed by atoms with Crippen molar-refractivity contribution in [3.05, 3.63) is 48.3 Å². The van der Waals surface area contributed by atoms with Crippen molar-refractivity contribution < 1.29 is 9.53 Å². The highest BCUT2D eigenvalue weighted by molar-refractivity contribution is 5.92. The summed E-state index contributed by atoms with van der Waals surface area (Å²) >= 11 is 0. The maximum Gasteiger partial charge on any atom is 0.272 e. The van der Waals surface area contributed by atoms with E-state index in [0.29, 0.717) is 18.8 Å². The molecule has 0 saturated carbocycles. The lowest BCUT2D eigenvalue weighted by Gasteiger charge is -2.36. The van der Waals surface area contributed by atoms with Gasteiger partial charge in [0, 0.05) is 39.3 Å². The Morgan fingerprint density at radius 3 is 2.32 bits per heavy atom. The van der Waals surface area contributed by atoms with Gasteiger partial charge in [-0.3, -0.25) is 4.79 Å². The molecule has 0 atom stereocenters. The number of aromatic nitrogens is 1. The monoisotopic (exact) mass is 380 g/mol. The van der Waals surface area contributed by atoms with Crippen LogP contribution < -0.4 is 14.5 Å². The lowest BCUT2D eigenvalue weighted by molar-refractivity contribution is 0.0741. The number of ether oxygens (including phenoxy) is 1. The van der Waals surface area contributed by atoms with Gasteiger partial charge in [-0.25, -0.2) is 4.98 Å². The lowest BCUT2D eigenvalue weighted by atomic mass is 10.1. The summed E-state index contributed by atoms with van der Waals surface area (Å²) < 4.78 is 5.47. The molecular weight excluding hydrogens is 352 g/mol. The molecule has 6 nitrogen and oxygen atoms in total. The fourth-order valence-corrected chi connectivity index (χ4v) is 4.06. The van der Waals surface area contributed by atoms with Crippen molar-refractivity contribution in [1.29, 1.82) is 0 Å². The predicted octanol–water partition coefficient (Wildman–Crippen LogP) is 3.04. The summed E-state index contributed by atoms with van der Waals surface area (Å²) in [5.41, 5.74) is 2.74. The van der Waals surface area contributed by atoms with Crippen LogP contribution in [-0.4, -0.2) is 62.2 Å². The van der Waals surface area contributed by atoms with Crippen molar-refractivity contribution in [1.82, 2.24) is 9.88 Å². The van der Waals surface area contributed by atoms with E-state index in [0.717, 1.165) is 43.3 Å². The van der Waals surface area contributed by atoms with Crippen LogP contribution in [0.15, 0.2) is 42.6 Å². The molecule has 1 aromatic carbocycles. The number of hydrogen-bond acceptors (Lipinski definition) is 5. The van der Waals surface area contributed by atoms with E-state index in [9.17, 15) is 4.79 Å². The average Bonchev–Trinajstić information content (AvgIpc) is 2.79. The first-order valence-electron chi connectivity index (χ1n) is 10.1. The first-order chi connectivity index (χ1) is 13.8. The zero-order chi connectivity index (χ0) is 19.3. The van der Waals surface area contributed by atoms with Crippen molar-refractivity contribution in [2.75, 3.05) is 56.2 Å². The molecule has 1 amide bonds. The van der Waals surface area contributed by atoms with Crippen LogP contribution in [0.1, 0.15) is 29.8 Å². The third-order valence-corrected chi connectivity index (χ3v) is 5.68. The number of methoxy groups -OCH3 is 1. The molecule has 28 heavy (non-hydrogen) atoms. The van der Waals surface area contributed by atoms with Crippen LogP contribution in [0.4, 0.5) is 11.4 Å². The number of rotatable bonds is 4. The Labute approximate surface area is 166 Å². The molecular formula is C22H28N4O2. The summed E-state index contributed by atoms with van der Waals surface area (Å²) in [6.45, 7) is 5.12.